The SMILES string of the molecule is CC(C)NCCCN1CC2CC3CC2C1C3O. The molecule has 1 saturated heterocycles. The fraction of sp³-hybridized carbons (Fsp3) is 1.00. The molecule has 0 spiro atoms. The molecule has 2 aliphatic carbocycles. The van der Waals surface area contributed by atoms with Gasteiger partial charge >= 0.3 is 0 Å². The molecule has 5 unspecified atom stereocenters. The van der Waals surface area contributed by atoms with E-state index in [1.165, 1.54) is 32.4 Å². The summed E-state index contributed by atoms with van der Waals surface area (Å²) >= 11 is 0. The molecule has 0 aromatic heterocycles. The van der Waals surface area contributed by atoms with Gasteiger partial charge in [-0.2, -0.15) is 0 Å². The van der Waals surface area contributed by atoms with Crippen molar-refractivity contribution in [3.05, 3.63) is 0 Å². The molecule has 17 heavy (non-hydrogen) atoms. The number of hydrogen-bond donors (Lipinski definition) is 2. The Morgan fingerprint density at radius 2 is 2.12 bits per heavy atom. The van der Waals surface area contributed by atoms with Gasteiger partial charge in [0.05, 0.1) is 6.10 Å². The van der Waals surface area contributed by atoms with Crippen LogP contribution in [0.5, 0.6) is 0 Å². The third kappa shape index (κ3) is 2.02. The van der Waals surface area contributed by atoms with Crippen molar-refractivity contribution in [3.8, 4) is 0 Å². The molecule has 3 heteroatoms. The van der Waals surface area contributed by atoms with Crippen LogP contribution >= 0.6 is 0 Å². The Balaban J connectivity index is 1.49. The van der Waals surface area contributed by atoms with Crippen LogP contribution in [-0.2, 0) is 0 Å². The van der Waals surface area contributed by atoms with Crippen LogP contribution in [0, 0.1) is 17.8 Å². The predicted molar refractivity (Wildman–Crippen MR) is 68.8 cm³/mol. The van der Waals surface area contributed by atoms with E-state index in [1.54, 1.807) is 0 Å². The van der Waals surface area contributed by atoms with E-state index in [9.17, 15) is 5.11 Å². The lowest BCUT2D eigenvalue weighted by Crippen LogP contribution is -2.41. The molecule has 0 aromatic rings. The molecule has 2 bridgehead atoms. The molecular weight excluding hydrogens is 212 g/mol. The number of fused-ring (bicyclic) bond motifs is 1. The summed E-state index contributed by atoms with van der Waals surface area (Å²) in [6.45, 7) is 7.92. The Morgan fingerprint density at radius 3 is 2.82 bits per heavy atom. The van der Waals surface area contributed by atoms with Crippen LogP contribution in [0.25, 0.3) is 0 Å². The highest BCUT2D eigenvalue weighted by atomic mass is 16.3. The molecule has 2 N–H and O–H groups in total. The minimum absolute atomic E-state index is 0.0168. The van der Waals surface area contributed by atoms with E-state index in [1.807, 2.05) is 0 Å². The van der Waals surface area contributed by atoms with Gasteiger partial charge in [0.2, 0.25) is 0 Å². The summed E-state index contributed by atoms with van der Waals surface area (Å²) in [5.41, 5.74) is 0. The zero-order valence-corrected chi connectivity index (χ0v) is 11.1. The van der Waals surface area contributed by atoms with Crippen molar-refractivity contribution >= 4 is 0 Å². The third-order valence-electron chi connectivity index (χ3n) is 5.12. The number of nitrogens with one attached hydrogen (secondary N) is 1. The van der Waals surface area contributed by atoms with Gasteiger partial charge in [0, 0.05) is 18.6 Å². The van der Waals surface area contributed by atoms with Crippen LogP contribution in [0.1, 0.15) is 33.1 Å². The Kier molecular flexibility index (Phi) is 3.18. The molecular formula is C14H26N2O. The highest BCUT2D eigenvalue weighted by Gasteiger charge is 2.58. The molecule has 1 heterocycles. The van der Waals surface area contributed by atoms with Gasteiger partial charge in [0.25, 0.3) is 0 Å². The van der Waals surface area contributed by atoms with Crippen molar-refractivity contribution in [2.24, 2.45) is 17.8 Å². The predicted octanol–water partition coefficient (Wildman–Crippen LogP) is 1.08. The molecule has 2 saturated carbocycles. The molecule has 0 radical (unpaired) electrons. The number of likely N-dealkylation sites (tertiary alicyclic amines) is 1. The number of hydrogen-bond acceptors (Lipinski definition) is 3. The zero-order chi connectivity index (χ0) is 12.0. The molecule has 5 atom stereocenters. The normalized spacial score (nSPS) is 44.1. The van der Waals surface area contributed by atoms with Crippen molar-refractivity contribution in [1.82, 2.24) is 10.2 Å². The van der Waals surface area contributed by atoms with Crippen LogP contribution in [0.4, 0.5) is 0 Å². The monoisotopic (exact) mass is 238 g/mol. The summed E-state index contributed by atoms with van der Waals surface area (Å²) in [4.78, 5) is 2.58. The Bertz CT molecular complexity index is 279. The summed E-state index contributed by atoms with van der Waals surface area (Å²) in [5, 5.41) is 13.7. The van der Waals surface area contributed by atoms with Gasteiger partial charge in [-0.25, -0.2) is 0 Å². The first-order valence-electron chi connectivity index (χ1n) is 7.32. The second kappa shape index (κ2) is 4.52. The molecule has 3 nitrogen and oxygen atoms in total. The van der Waals surface area contributed by atoms with Gasteiger partial charge in [0.1, 0.15) is 0 Å². The minimum Gasteiger partial charge on any atom is -0.391 e. The van der Waals surface area contributed by atoms with E-state index in [2.05, 4.69) is 24.1 Å². The number of rotatable bonds is 5. The fourth-order valence-corrected chi connectivity index (χ4v) is 4.46. The average molecular weight is 238 g/mol. The van der Waals surface area contributed by atoms with E-state index in [0.717, 1.165) is 18.4 Å². The van der Waals surface area contributed by atoms with Gasteiger partial charge in [0.15, 0.2) is 0 Å². The van der Waals surface area contributed by atoms with Gasteiger partial charge in [-0.3, -0.25) is 4.90 Å². The van der Waals surface area contributed by atoms with Crippen molar-refractivity contribution in [1.29, 1.82) is 0 Å². The highest BCUT2D eigenvalue weighted by molar-refractivity contribution is 5.10. The summed E-state index contributed by atoms with van der Waals surface area (Å²) in [7, 11) is 0. The van der Waals surface area contributed by atoms with Crippen LogP contribution < -0.4 is 5.32 Å². The smallest absolute Gasteiger partial charge is 0.0726 e. The van der Waals surface area contributed by atoms with Gasteiger partial charge in [-0.15, -0.1) is 0 Å². The van der Waals surface area contributed by atoms with E-state index < -0.39 is 0 Å². The second-order valence-corrected chi connectivity index (χ2v) is 6.59. The molecule has 3 aliphatic rings. The van der Waals surface area contributed by atoms with Gasteiger partial charge in [-0.05, 0) is 50.1 Å². The first kappa shape index (κ1) is 11.9. The van der Waals surface area contributed by atoms with Crippen LogP contribution in [0.2, 0.25) is 0 Å². The average Bonchev–Trinajstić information content (AvgIpc) is 2.85. The van der Waals surface area contributed by atoms with Gasteiger partial charge in [-0.1, -0.05) is 13.8 Å². The third-order valence-corrected chi connectivity index (χ3v) is 5.12. The Morgan fingerprint density at radius 1 is 1.29 bits per heavy atom. The largest absolute Gasteiger partial charge is 0.391 e. The van der Waals surface area contributed by atoms with Crippen molar-refractivity contribution in [3.63, 3.8) is 0 Å². The van der Waals surface area contributed by atoms with Crippen LogP contribution in [0.3, 0.4) is 0 Å². The van der Waals surface area contributed by atoms with E-state index in [0.29, 0.717) is 18.0 Å². The Labute approximate surface area is 105 Å². The van der Waals surface area contributed by atoms with Crippen molar-refractivity contribution in [2.45, 2.75) is 51.3 Å². The molecule has 3 fully saturated rings. The number of aliphatic hydroxyl groups is 1. The lowest BCUT2D eigenvalue weighted by molar-refractivity contribution is 0.0507. The fourth-order valence-electron chi connectivity index (χ4n) is 4.46. The van der Waals surface area contributed by atoms with Crippen molar-refractivity contribution in [2.75, 3.05) is 19.6 Å². The number of aliphatic hydroxyl groups excluding tert-OH is 1. The maximum absolute atomic E-state index is 10.3. The Hall–Kier alpha value is -0.120. The first-order chi connectivity index (χ1) is 8.16. The maximum atomic E-state index is 10.3. The summed E-state index contributed by atoms with van der Waals surface area (Å²) in [6, 6.07) is 1.10. The summed E-state index contributed by atoms with van der Waals surface area (Å²) < 4.78 is 0. The lowest BCUT2D eigenvalue weighted by atomic mass is 9.88. The minimum atomic E-state index is -0.0168. The first-order valence-corrected chi connectivity index (χ1v) is 7.32. The summed E-state index contributed by atoms with van der Waals surface area (Å²) in [5.74, 6) is 2.37. The molecule has 98 valence electrons. The van der Waals surface area contributed by atoms with Crippen LogP contribution in [-0.4, -0.2) is 47.8 Å². The van der Waals surface area contributed by atoms with E-state index in [4.69, 9.17) is 0 Å². The topological polar surface area (TPSA) is 35.5 Å². The van der Waals surface area contributed by atoms with Gasteiger partial charge < -0.3 is 10.4 Å². The number of nitrogens with zero attached hydrogens (tertiary/aromatic N) is 1. The van der Waals surface area contributed by atoms with Crippen molar-refractivity contribution < 1.29 is 5.11 Å². The van der Waals surface area contributed by atoms with E-state index >= 15 is 0 Å². The maximum Gasteiger partial charge on any atom is 0.0726 e. The van der Waals surface area contributed by atoms with Crippen LogP contribution in [0.15, 0.2) is 0 Å². The molecule has 0 aromatic carbocycles. The molecule has 3 rings (SSSR count). The molecule has 1 aliphatic heterocycles. The standard InChI is InChI=1S/C14H26N2O/c1-9(2)15-4-3-5-16-8-11-6-10-7-12(11)13(16)14(10)17/h9-15,17H,3-8H2,1-2H3. The van der Waals surface area contributed by atoms with E-state index in [-0.39, 0.29) is 6.10 Å². The highest BCUT2D eigenvalue weighted by Crippen LogP contribution is 2.54. The molecule has 0 amide bonds. The quantitative estimate of drug-likeness (QED) is 0.704. The zero-order valence-electron chi connectivity index (χ0n) is 11.1. The summed E-state index contributed by atoms with van der Waals surface area (Å²) in [6.07, 6.45) is 3.79. The lowest BCUT2D eigenvalue weighted by Gasteiger charge is -2.29. The second-order valence-electron chi connectivity index (χ2n) is 6.59.